The molecule has 1 saturated carbocycles. The van der Waals surface area contributed by atoms with Crippen LogP contribution in [0, 0.1) is 0 Å². The molecule has 2 aliphatic heterocycles. The molecule has 8 nitrogen and oxygen atoms in total. The SMILES string of the molecule is O=C1CCC(N2Cc3c(OCc4ccc(CN5CCn6c(-c7ccccc7)cnc6C5)cc4)cccc3C2=O)C(=O)C1. The zero-order valence-electron chi connectivity index (χ0n) is 23.4. The lowest BCUT2D eigenvalue weighted by atomic mass is 9.92. The highest BCUT2D eigenvalue weighted by molar-refractivity contribution is 6.07. The summed E-state index contributed by atoms with van der Waals surface area (Å²) in [6.07, 6.45) is 2.64. The van der Waals surface area contributed by atoms with Crippen molar-refractivity contribution in [1.82, 2.24) is 19.4 Å². The fraction of sp³-hybridized carbons (Fsp3) is 0.294. The first kappa shape index (κ1) is 26.3. The molecular formula is C34H32N4O4. The molecule has 4 aromatic rings. The van der Waals surface area contributed by atoms with Crippen LogP contribution in [0.2, 0.25) is 0 Å². The molecule has 1 aromatic heterocycles. The van der Waals surface area contributed by atoms with Crippen LogP contribution in [0.5, 0.6) is 5.75 Å². The van der Waals surface area contributed by atoms with Crippen LogP contribution in [0.1, 0.15) is 52.1 Å². The molecule has 3 aromatic carbocycles. The summed E-state index contributed by atoms with van der Waals surface area (Å²) >= 11 is 0. The van der Waals surface area contributed by atoms with E-state index in [1.54, 1.807) is 11.0 Å². The highest BCUT2D eigenvalue weighted by atomic mass is 16.5. The van der Waals surface area contributed by atoms with Crippen molar-refractivity contribution in [3.63, 3.8) is 0 Å². The zero-order chi connectivity index (χ0) is 28.6. The molecule has 1 atom stereocenters. The van der Waals surface area contributed by atoms with E-state index in [4.69, 9.17) is 9.72 Å². The van der Waals surface area contributed by atoms with Gasteiger partial charge < -0.3 is 14.2 Å². The van der Waals surface area contributed by atoms with Crippen LogP contribution in [0.3, 0.4) is 0 Å². The van der Waals surface area contributed by atoms with Crippen molar-refractivity contribution >= 4 is 17.5 Å². The second-order valence-corrected chi connectivity index (χ2v) is 11.3. The number of imidazole rings is 1. The molecule has 3 heterocycles. The normalized spacial score (nSPS) is 18.7. The Morgan fingerprint density at radius 2 is 1.67 bits per heavy atom. The van der Waals surface area contributed by atoms with E-state index >= 15 is 0 Å². The van der Waals surface area contributed by atoms with Crippen molar-refractivity contribution in [3.05, 3.63) is 107 Å². The van der Waals surface area contributed by atoms with Gasteiger partial charge in [0.05, 0.1) is 37.4 Å². The number of benzene rings is 3. The quantitative estimate of drug-likeness (QED) is 0.302. The molecule has 1 aliphatic carbocycles. The van der Waals surface area contributed by atoms with Crippen molar-refractivity contribution in [1.29, 1.82) is 0 Å². The van der Waals surface area contributed by atoms with Gasteiger partial charge in [-0.3, -0.25) is 19.3 Å². The molecule has 0 spiro atoms. The van der Waals surface area contributed by atoms with E-state index < -0.39 is 6.04 Å². The van der Waals surface area contributed by atoms with Gasteiger partial charge >= 0.3 is 0 Å². The predicted molar refractivity (Wildman–Crippen MR) is 157 cm³/mol. The minimum atomic E-state index is -0.533. The Hall–Kier alpha value is -4.56. The minimum Gasteiger partial charge on any atom is -0.489 e. The molecule has 1 fully saturated rings. The van der Waals surface area contributed by atoms with Crippen LogP contribution >= 0.6 is 0 Å². The average molecular weight is 561 g/mol. The van der Waals surface area contributed by atoms with Crippen LogP contribution in [0.25, 0.3) is 11.3 Å². The predicted octanol–water partition coefficient (Wildman–Crippen LogP) is 4.79. The lowest BCUT2D eigenvalue weighted by Gasteiger charge is -2.29. The van der Waals surface area contributed by atoms with Crippen molar-refractivity contribution in [2.75, 3.05) is 6.54 Å². The monoisotopic (exact) mass is 560 g/mol. The van der Waals surface area contributed by atoms with Gasteiger partial charge in [0.25, 0.3) is 5.91 Å². The number of hydrogen-bond acceptors (Lipinski definition) is 6. The highest BCUT2D eigenvalue weighted by Crippen LogP contribution is 2.34. The van der Waals surface area contributed by atoms with Gasteiger partial charge in [0.15, 0.2) is 5.78 Å². The Balaban J connectivity index is 0.967. The first-order valence-corrected chi connectivity index (χ1v) is 14.5. The first-order valence-electron chi connectivity index (χ1n) is 14.5. The number of amides is 1. The van der Waals surface area contributed by atoms with Crippen LogP contribution in [0.15, 0.2) is 79.0 Å². The molecule has 0 bridgehead atoms. The van der Waals surface area contributed by atoms with E-state index in [0.29, 0.717) is 37.3 Å². The lowest BCUT2D eigenvalue weighted by molar-refractivity contribution is -0.133. The molecule has 8 heteroatoms. The molecular weight excluding hydrogens is 528 g/mol. The van der Waals surface area contributed by atoms with Gasteiger partial charge in [0.1, 0.15) is 24.0 Å². The average Bonchev–Trinajstić information content (AvgIpc) is 3.58. The summed E-state index contributed by atoms with van der Waals surface area (Å²) in [5.41, 5.74) is 6.03. The van der Waals surface area contributed by atoms with E-state index in [1.165, 1.54) is 16.8 Å². The fourth-order valence-electron chi connectivity index (χ4n) is 6.35. The summed E-state index contributed by atoms with van der Waals surface area (Å²) in [7, 11) is 0. The third kappa shape index (κ3) is 5.03. The van der Waals surface area contributed by atoms with E-state index in [0.717, 1.165) is 43.1 Å². The first-order chi connectivity index (χ1) is 20.5. The minimum absolute atomic E-state index is 0.0454. The van der Waals surface area contributed by atoms with Crippen molar-refractivity contribution in [2.45, 2.75) is 58.1 Å². The van der Waals surface area contributed by atoms with Gasteiger partial charge in [0, 0.05) is 37.2 Å². The Kier molecular flexibility index (Phi) is 6.91. The number of ether oxygens (including phenoxy) is 1. The van der Waals surface area contributed by atoms with Gasteiger partial charge in [-0.2, -0.15) is 0 Å². The van der Waals surface area contributed by atoms with Crippen LogP contribution in [0.4, 0.5) is 0 Å². The van der Waals surface area contributed by atoms with Crippen LogP contribution in [-0.2, 0) is 42.4 Å². The second-order valence-electron chi connectivity index (χ2n) is 11.3. The van der Waals surface area contributed by atoms with Gasteiger partial charge in [0.2, 0.25) is 0 Å². The zero-order valence-corrected chi connectivity index (χ0v) is 23.4. The molecule has 3 aliphatic rings. The van der Waals surface area contributed by atoms with Crippen LogP contribution in [-0.4, -0.2) is 49.4 Å². The molecule has 0 saturated heterocycles. The van der Waals surface area contributed by atoms with E-state index in [1.807, 2.05) is 24.4 Å². The maximum atomic E-state index is 13.1. The van der Waals surface area contributed by atoms with Gasteiger partial charge in [-0.05, 0) is 35.2 Å². The number of nitrogens with zero attached hydrogens (tertiary/aromatic N) is 4. The summed E-state index contributed by atoms with van der Waals surface area (Å²) in [6.45, 7) is 4.26. The van der Waals surface area contributed by atoms with Gasteiger partial charge in [-0.25, -0.2) is 4.98 Å². The Bertz CT molecular complexity index is 1660. The Labute approximate surface area is 244 Å². The maximum Gasteiger partial charge on any atom is 0.255 e. The van der Waals surface area contributed by atoms with E-state index in [-0.39, 0.29) is 23.9 Å². The third-order valence-corrected chi connectivity index (χ3v) is 8.60. The maximum absolute atomic E-state index is 13.1. The summed E-state index contributed by atoms with van der Waals surface area (Å²) in [5.74, 6) is 1.38. The standard InChI is InChI=1S/C34H32N4O4/c39-26-13-14-29(31(40)17-26)38-20-28-27(34(38)41)7-4-8-32(28)42-22-24-11-9-23(10-12-24)19-36-15-16-37-30(18-35-33(37)21-36)25-5-2-1-3-6-25/h1-12,18,29H,13-17,19-22H2. The number of carbonyl (C=O) groups excluding carboxylic acids is 3. The molecule has 212 valence electrons. The number of fused-ring (bicyclic) bond motifs is 2. The molecule has 0 N–H and O–H groups in total. The smallest absolute Gasteiger partial charge is 0.255 e. The summed E-state index contributed by atoms with van der Waals surface area (Å²) in [4.78, 5) is 46.0. The second kappa shape index (κ2) is 11.0. The molecule has 1 unspecified atom stereocenters. The number of carbonyl (C=O) groups is 3. The van der Waals surface area contributed by atoms with E-state index in [9.17, 15) is 14.4 Å². The Morgan fingerprint density at radius 3 is 2.48 bits per heavy atom. The largest absolute Gasteiger partial charge is 0.489 e. The summed E-state index contributed by atoms with van der Waals surface area (Å²) in [5, 5.41) is 0. The third-order valence-electron chi connectivity index (χ3n) is 8.60. The van der Waals surface area contributed by atoms with Crippen molar-refractivity contribution < 1.29 is 19.1 Å². The Morgan fingerprint density at radius 1 is 0.857 bits per heavy atom. The topological polar surface area (TPSA) is 84.7 Å². The summed E-state index contributed by atoms with van der Waals surface area (Å²) < 4.78 is 8.52. The lowest BCUT2D eigenvalue weighted by Crippen LogP contribution is -2.44. The van der Waals surface area contributed by atoms with Crippen LogP contribution < -0.4 is 4.74 Å². The number of Topliss-reactive ketones (excluding diaryl/α,β-unsaturated/α-hetero) is 2. The summed E-state index contributed by atoms with van der Waals surface area (Å²) in [6, 6.07) is 23.8. The molecule has 1 amide bonds. The van der Waals surface area contributed by atoms with Gasteiger partial charge in [-0.1, -0.05) is 60.7 Å². The number of ketones is 2. The molecule has 0 radical (unpaired) electrons. The van der Waals surface area contributed by atoms with Crippen molar-refractivity contribution in [3.8, 4) is 17.0 Å². The molecule has 7 rings (SSSR count). The number of aromatic nitrogens is 2. The number of hydrogen-bond donors (Lipinski definition) is 0. The van der Waals surface area contributed by atoms with Crippen molar-refractivity contribution in [2.24, 2.45) is 0 Å². The number of rotatable bonds is 7. The highest BCUT2D eigenvalue weighted by Gasteiger charge is 2.40. The molecule has 42 heavy (non-hydrogen) atoms. The fourth-order valence-corrected chi connectivity index (χ4v) is 6.35. The van der Waals surface area contributed by atoms with Gasteiger partial charge in [-0.15, -0.1) is 0 Å². The van der Waals surface area contributed by atoms with E-state index in [2.05, 4.69) is 58.0 Å².